The van der Waals surface area contributed by atoms with E-state index >= 15 is 0 Å². The average molecular weight is 2310 g/mol. The van der Waals surface area contributed by atoms with Crippen LogP contribution >= 0.6 is 69.8 Å². The molecule has 4 aromatic carbocycles. The minimum absolute atomic E-state index is 0. The Kier molecular flexibility index (Phi) is 52.8. The number of anilines is 6. The first kappa shape index (κ1) is 123. The van der Waals surface area contributed by atoms with Crippen LogP contribution in [0.5, 0.6) is 11.5 Å². The van der Waals surface area contributed by atoms with Crippen LogP contribution in [0.2, 0.25) is 0 Å². The number of aryl methyl sites for hydroxylation is 4. The van der Waals surface area contributed by atoms with Gasteiger partial charge in [-0.25, -0.2) is 9.97 Å². The van der Waals surface area contributed by atoms with E-state index in [2.05, 4.69) is 276 Å². The molecule has 18 aromatic rings. The van der Waals surface area contributed by atoms with Crippen LogP contribution < -0.4 is 59.0 Å². The van der Waals surface area contributed by atoms with Crippen LogP contribution in [0.1, 0.15) is 114 Å². The van der Waals surface area contributed by atoms with Crippen LogP contribution in [-0.4, -0.2) is 91.1 Å². The predicted octanol–water partition coefficient (Wildman–Crippen LogP) is 26.0. The van der Waals surface area contributed by atoms with Gasteiger partial charge in [-0.3, -0.25) is 39.5 Å². The summed E-state index contributed by atoms with van der Waals surface area (Å²) in [6.45, 7) is 9.39. The van der Waals surface area contributed by atoms with E-state index in [4.69, 9.17) is 54.4 Å². The topological polar surface area (TPSA) is 359 Å². The van der Waals surface area contributed by atoms with E-state index in [-0.39, 0.29) is 105 Å². The van der Waals surface area contributed by atoms with Crippen molar-refractivity contribution in [3.63, 3.8) is 0 Å². The molecule has 0 radical (unpaired) electrons. The monoisotopic (exact) mass is 2310 g/mol. The second kappa shape index (κ2) is 64.4. The van der Waals surface area contributed by atoms with Gasteiger partial charge >= 0.3 is 93.2 Å². The van der Waals surface area contributed by atoms with E-state index in [0.717, 1.165) is 143 Å². The summed E-state index contributed by atoms with van der Waals surface area (Å²) in [4.78, 5) is 99.8. The Morgan fingerprint density at radius 3 is 1.05 bits per heavy atom. The van der Waals surface area contributed by atoms with Gasteiger partial charge in [-0.1, -0.05) is 175 Å². The molecule has 0 unspecified atom stereocenters. The molecular weight excluding hydrogens is 2220 g/mol. The molecule has 40 heteroatoms. The molecule has 25 nitrogen and oxygen atoms in total. The number of unbranched alkanes of at least 4 members (excludes halogenated alkanes) is 6. The maximum Gasteiger partial charge on any atom is 2.00 e. The van der Waals surface area contributed by atoms with E-state index in [1.165, 1.54) is 82.2 Å². The normalized spacial score (nSPS) is 10.2. The molecule has 14 aromatic heterocycles. The summed E-state index contributed by atoms with van der Waals surface area (Å²) in [5.41, 5.74) is 17.9. The number of hydrogen-bond acceptors (Lipinski definition) is 27. The zero-order valence-corrected chi connectivity index (χ0v) is 91.3. The van der Waals surface area contributed by atoms with Crippen molar-refractivity contribution in [1.82, 2.24) is 60.3 Å². The Labute approximate surface area is 937 Å². The summed E-state index contributed by atoms with van der Waals surface area (Å²) >= 11 is 14.1. The minimum Gasteiger partial charge on any atom is -1.00 e. The molecule has 150 heavy (non-hydrogen) atoms. The summed E-state index contributed by atoms with van der Waals surface area (Å²) in [5, 5.41) is 37.0. The van der Waals surface area contributed by atoms with Crippen molar-refractivity contribution in [2.75, 3.05) is 9.80 Å². The number of carbonyl (C=O) groups is 2. The van der Waals surface area contributed by atoms with Crippen molar-refractivity contribution in [3.8, 4) is 122 Å². The summed E-state index contributed by atoms with van der Waals surface area (Å²) in [5.74, 6) is 0.592. The van der Waals surface area contributed by atoms with Crippen molar-refractivity contribution in [2.24, 2.45) is 0 Å². The Balaban J connectivity index is 0.000000298. The number of para-hydroxylation sites is 4. The van der Waals surface area contributed by atoms with Crippen molar-refractivity contribution in [3.05, 3.63) is 359 Å². The van der Waals surface area contributed by atoms with Gasteiger partial charge in [0.1, 0.15) is 32.9 Å². The number of halogens is 6. The first-order chi connectivity index (χ1) is 71.1. The van der Waals surface area contributed by atoms with Gasteiger partial charge in [0, 0.05) is 97.6 Å². The molecule has 14 heterocycles. The van der Waals surface area contributed by atoms with Gasteiger partial charge < -0.3 is 57.4 Å². The smallest absolute Gasteiger partial charge is 1.00 e. The van der Waals surface area contributed by atoms with Gasteiger partial charge in [-0.05, 0) is 270 Å². The molecule has 0 saturated carbocycles. The molecule has 0 saturated heterocycles. The number of ether oxygens (including phenoxy) is 2. The van der Waals surface area contributed by atoms with E-state index < -0.39 is 23.7 Å². The van der Waals surface area contributed by atoms with Gasteiger partial charge in [-0.15, -0.1) is 45.3 Å². The summed E-state index contributed by atoms with van der Waals surface area (Å²) < 4.78 is 86.5. The van der Waals surface area contributed by atoms with Gasteiger partial charge in [0.05, 0.1) is 56.9 Å². The van der Waals surface area contributed by atoms with Crippen LogP contribution in [0.25, 0.3) is 121 Å². The number of rotatable bonds is 32. The molecule has 0 aliphatic carbocycles. The van der Waals surface area contributed by atoms with E-state index in [0.29, 0.717) is 52.9 Å². The van der Waals surface area contributed by atoms with Gasteiger partial charge in [0.2, 0.25) is 0 Å². The fourth-order valence-corrected chi connectivity index (χ4v) is 18.8. The molecular formula is C110H92F6N16NaO9Ru2S6-. The number of nitrogens with zero attached hydrogens (tertiary/aromatic N) is 16. The number of pyridine rings is 8. The number of carbonyl (C=O) groups excluding carboxylic acids is 6. The van der Waals surface area contributed by atoms with E-state index in [9.17, 15) is 35.9 Å². The predicted molar refractivity (Wildman–Crippen MR) is 568 cm³/mol. The fourth-order valence-electron chi connectivity index (χ4n) is 14.8. The molecule has 0 atom stereocenters. The zero-order valence-electron chi connectivity index (χ0n) is 82.0. The van der Waals surface area contributed by atoms with Crippen LogP contribution in [0.15, 0.2) is 315 Å². The molecule has 0 bridgehead atoms. The molecule has 0 amide bonds. The van der Waals surface area contributed by atoms with E-state index in [1.807, 2.05) is 73.1 Å². The number of isothiocyanates is 2. The second-order valence-corrected chi connectivity index (χ2v) is 35.5. The standard InChI is InChI=1S/C35H30N4S.C33H22N4O4S.2C19H19F3N3S.2CNS.2CO2.Na.H2O.2Ru.H/c1-3-25-17-19-36-30(21-25)32-22-26(4-2)23-33(38-32)31-24-27(18-20-37-31)34-15-16-35(40-34)39(28-11-7-5-8-12-28)29-13-9-6-10-14-29;38-21-40-26-14-16-35-29(18-26)31-20-27(41-22-39)19-30(36-31)28-17-23(13-15-34-28)32-11-12-33(42-32)37(24-7-3-1-4-8-24)25-9-5-2-6-10-25;2*1-2-3-4-5-6-13-8-10-26-18(13)14-7-9-23-15(11-14)16-12-17(25-24-16)19(20,21)22;4*2-1-3;;;;;/h5-24H,3-4H2,1-2H3;1-22H;2*7-12H,2-6H2,1H3;;;;;;1H2;;;/q;;4*-1;;;+1;;2*+2;-1/p-1/i;;;;;;;;;;;;1+1. The number of thiocarbonyl (C=S) groups is 2. The van der Waals surface area contributed by atoms with Crippen LogP contribution in [0.3, 0.4) is 0 Å². The van der Waals surface area contributed by atoms with Crippen LogP contribution in [-0.2, 0) is 106 Å². The van der Waals surface area contributed by atoms with Crippen LogP contribution in [0.4, 0.5) is 59.1 Å². The van der Waals surface area contributed by atoms with Gasteiger partial charge in [-0.2, -0.15) is 55.8 Å². The first-order valence-corrected chi connectivity index (χ1v) is 49.6. The Morgan fingerprint density at radius 1 is 0.387 bits per heavy atom. The summed E-state index contributed by atoms with van der Waals surface area (Å²) in [6, 6.07) is 86.4. The summed E-state index contributed by atoms with van der Waals surface area (Å²) in [7, 11) is 0. The minimum atomic E-state index is -4.50. The van der Waals surface area contributed by atoms with Crippen molar-refractivity contribution in [2.45, 2.75) is 117 Å². The third-order valence-corrected chi connectivity index (χ3v) is 25.8. The Hall–Kier alpha value is -14.0. The largest absolute Gasteiger partial charge is 2.00 e. The summed E-state index contributed by atoms with van der Waals surface area (Å²) in [6.07, 6.45) is 15.1. The van der Waals surface area contributed by atoms with Crippen molar-refractivity contribution < 1.29 is 140 Å². The number of aromatic nitrogens is 12. The number of benzene rings is 4. The van der Waals surface area contributed by atoms with Crippen molar-refractivity contribution >= 4 is 138 Å². The number of thiophene rings is 4. The Morgan fingerprint density at radius 2 is 0.700 bits per heavy atom. The average Bonchev–Trinajstić information content (AvgIpc) is 1.66. The molecule has 0 spiro atoms. The molecule has 18 rings (SSSR count). The van der Waals surface area contributed by atoms with Crippen LogP contribution in [0, 0.1) is 0 Å². The molecule has 762 valence electrons. The quantitative estimate of drug-likeness (QED) is 0.00943. The molecule has 0 aliphatic rings. The molecule has 0 aliphatic heterocycles. The van der Waals surface area contributed by atoms with Gasteiger partial charge in [0.25, 0.3) is 12.9 Å². The van der Waals surface area contributed by atoms with Crippen molar-refractivity contribution in [1.29, 1.82) is 0 Å². The zero-order chi connectivity index (χ0) is 104. The molecule has 1 N–H and O–H groups in total. The van der Waals surface area contributed by atoms with Gasteiger partial charge in [0.15, 0.2) is 0 Å². The molecule has 0 fully saturated rings. The first-order valence-electron chi connectivity index (χ1n) is 45.4. The third-order valence-electron chi connectivity index (χ3n) is 21.6. The number of alkyl halides is 6. The second-order valence-electron chi connectivity index (χ2n) is 31.1. The Bertz CT molecular complexity index is 7120. The van der Waals surface area contributed by atoms with E-state index in [1.54, 1.807) is 100 Å². The fraction of sp³-hybridized carbons (Fsp3) is 0.164. The SMILES string of the molecule is CCCCCCc1ccsc1-c1ccnc(-c2cc(C(F)(F)F)n[n-]2)c1.CCCCCCc1ccsc1-c1ccnc(-c2cc(C(F)(F)F)n[n-]2)c1.CCc1ccnc(-c2cc(CC)cc(-c3cc(-c4ccc(N(c5ccccc5)c5ccccc5)s4)ccn3)n2)c1.O=C=O.O=C=O.O=COc1ccnc(-c2cc(OC=O)cc(-c3cc(-c4ccc(N(c5ccccc5)c5ccccc5)s4)ccn3)n2)c1.[2H-].[N-]=C=S.[N-]=C=S.[Na+].[OH-].[Ru+2].[Ru+2]. The number of hydrogen-bond donors (Lipinski definition) is 0. The maximum absolute atomic E-state index is 12.7. The third kappa shape index (κ3) is 36.2. The maximum atomic E-state index is 12.7.